The molecule has 0 aliphatic rings. The number of aromatic nitrogens is 3. The first-order valence-electron chi connectivity index (χ1n) is 9.27. The van der Waals surface area contributed by atoms with E-state index >= 15 is 0 Å². The predicted molar refractivity (Wildman–Crippen MR) is 108 cm³/mol. The van der Waals surface area contributed by atoms with Crippen LogP contribution < -0.4 is 0 Å². The van der Waals surface area contributed by atoms with Crippen LogP contribution in [0.15, 0.2) is 42.5 Å². The second-order valence-corrected chi connectivity index (χ2v) is 8.37. The van der Waals surface area contributed by atoms with Crippen LogP contribution in [0.25, 0.3) is 22.6 Å². The molecule has 2 heterocycles. The number of H-pyrrole nitrogens is 1. The third kappa shape index (κ3) is 4.13. The van der Waals surface area contributed by atoms with E-state index in [4.69, 9.17) is 10.2 Å². The number of aromatic carboxylic acids is 1. The molecule has 0 aliphatic heterocycles. The molecule has 0 aliphatic carbocycles. The van der Waals surface area contributed by atoms with E-state index in [1.54, 1.807) is 12.1 Å². The van der Waals surface area contributed by atoms with Crippen LogP contribution in [0.4, 0.5) is 0 Å². The van der Waals surface area contributed by atoms with Crippen LogP contribution in [0, 0.1) is 5.92 Å². The third-order valence-electron chi connectivity index (χ3n) is 4.44. The SMILES string of the molecule is CC(C)Cc1cc(-c2ccc(-c3ccc(C(=O)O)cc3)[nH]2)nn1C(C)(C)C. The number of carboxylic acids is 1. The van der Waals surface area contributed by atoms with Gasteiger partial charge in [-0.25, -0.2) is 4.79 Å². The smallest absolute Gasteiger partial charge is 0.335 e. The maximum absolute atomic E-state index is 11.0. The van der Waals surface area contributed by atoms with Gasteiger partial charge in [0.15, 0.2) is 0 Å². The summed E-state index contributed by atoms with van der Waals surface area (Å²) in [4.78, 5) is 14.4. The summed E-state index contributed by atoms with van der Waals surface area (Å²) in [6.07, 6.45) is 0.981. The van der Waals surface area contributed by atoms with E-state index in [0.717, 1.165) is 29.1 Å². The second kappa shape index (κ2) is 7.06. The van der Waals surface area contributed by atoms with Crippen LogP contribution in [0.5, 0.6) is 0 Å². The van der Waals surface area contributed by atoms with Crippen molar-refractivity contribution < 1.29 is 9.90 Å². The molecule has 0 spiro atoms. The number of benzene rings is 1. The lowest BCUT2D eigenvalue weighted by Crippen LogP contribution is -2.25. The second-order valence-electron chi connectivity index (χ2n) is 8.37. The first-order chi connectivity index (χ1) is 12.6. The quantitative estimate of drug-likeness (QED) is 0.653. The number of nitrogens with one attached hydrogen (secondary N) is 1. The van der Waals surface area contributed by atoms with Gasteiger partial charge in [0, 0.05) is 11.4 Å². The molecule has 0 bridgehead atoms. The van der Waals surface area contributed by atoms with Crippen molar-refractivity contribution in [2.75, 3.05) is 0 Å². The molecular formula is C22H27N3O2. The summed E-state index contributed by atoms with van der Waals surface area (Å²) in [5.41, 5.74) is 5.21. The summed E-state index contributed by atoms with van der Waals surface area (Å²) in [7, 11) is 0. The summed E-state index contributed by atoms with van der Waals surface area (Å²) in [6.45, 7) is 10.9. The average Bonchev–Trinajstić information content (AvgIpc) is 3.20. The van der Waals surface area contributed by atoms with E-state index in [9.17, 15) is 4.79 Å². The number of hydrogen-bond acceptors (Lipinski definition) is 2. The maximum Gasteiger partial charge on any atom is 0.335 e. The Labute approximate surface area is 160 Å². The van der Waals surface area contributed by atoms with Crippen LogP contribution in [0.3, 0.4) is 0 Å². The molecular weight excluding hydrogens is 338 g/mol. The molecule has 0 atom stereocenters. The Balaban J connectivity index is 1.94. The van der Waals surface area contributed by atoms with Gasteiger partial charge in [0.25, 0.3) is 0 Å². The Bertz CT molecular complexity index is 941. The van der Waals surface area contributed by atoms with Crippen molar-refractivity contribution >= 4 is 5.97 Å². The molecule has 0 saturated carbocycles. The zero-order chi connectivity index (χ0) is 19.8. The van der Waals surface area contributed by atoms with Gasteiger partial charge in [0.05, 0.1) is 16.8 Å². The Hall–Kier alpha value is -2.82. The highest BCUT2D eigenvalue weighted by Crippen LogP contribution is 2.28. The fourth-order valence-corrected chi connectivity index (χ4v) is 3.20. The molecule has 3 rings (SSSR count). The Morgan fingerprint density at radius 1 is 1.11 bits per heavy atom. The van der Waals surface area contributed by atoms with Crippen molar-refractivity contribution in [1.82, 2.24) is 14.8 Å². The summed E-state index contributed by atoms with van der Waals surface area (Å²) in [5, 5.41) is 13.9. The van der Waals surface area contributed by atoms with Gasteiger partial charge in [0.2, 0.25) is 0 Å². The minimum absolute atomic E-state index is 0.0788. The van der Waals surface area contributed by atoms with Crippen molar-refractivity contribution in [3.63, 3.8) is 0 Å². The van der Waals surface area contributed by atoms with E-state index in [-0.39, 0.29) is 11.1 Å². The highest BCUT2D eigenvalue weighted by Gasteiger charge is 2.21. The van der Waals surface area contributed by atoms with Crippen LogP contribution in [0.2, 0.25) is 0 Å². The largest absolute Gasteiger partial charge is 0.478 e. The first-order valence-corrected chi connectivity index (χ1v) is 9.27. The molecule has 0 radical (unpaired) electrons. The highest BCUT2D eigenvalue weighted by atomic mass is 16.4. The maximum atomic E-state index is 11.0. The van der Waals surface area contributed by atoms with Gasteiger partial charge in [-0.15, -0.1) is 0 Å². The molecule has 0 amide bonds. The summed E-state index contributed by atoms with van der Waals surface area (Å²) in [5.74, 6) is -0.360. The van der Waals surface area contributed by atoms with Crippen molar-refractivity contribution in [2.24, 2.45) is 5.92 Å². The number of nitrogens with zero attached hydrogens (tertiary/aromatic N) is 2. The van der Waals surface area contributed by atoms with Gasteiger partial charge in [-0.3, -0.25) is 4.68 Å². The first kappa shape index (κ1) is 19.0. The van der Waals surface area contributed by atoms with E-state index in [1.165, 1.54) is 5.69 Å². The molecule has 5 nitrogen and oxygen atoms in total. The molecule has 5 heteroatoms. The lowest BCUT2D eigenvalue weighted by Gasteiger charge is -2.23. The number of carbonyl (C=O) groups is 1. The van der Waals surface area contributed by atoms with Gasteiger partial charge >= 0.3 is 5.97 Å². The van der Waals surface area contributed by atoms with Crippen molar-refractivity contribution in [1.29, 1.82) is 0 Å². The Morgan fingerprint density at radius 2 is 1.74 bits per heavy atom. The minimum atomic E-state index is -0.917. The van der Waals surface area contributed by atoms with Gasteiger partial charge in [-0.2, -0.15) is 5.10 Å². The molecule has 3 aromatic rings. The fourth-order valence-electron chi connectivity index (χ4n) is 3.20. The van der Waals surface area contributed by atoms with Crippen molar-refractivity contribution in [3.05, 3.63) is 53.7 Å². The minimum Gasteiger partial charge on any atom is -0.478 e. The normalized spacial score (nSPS) is 11.9. The molecule has 0 saturated heterocycles. The number of rotatable bonds is 5. The van der Waals surface area contributed by atoms with Crippen LogP contribution >= 0.6 is 0 Å². The molecule has 0 fully saturated rings. The van der Waals surface area contributed by atoms with E-state index in [1.807, 2.05) is 24.3 Å². The number of hydrogen-bond donors (Lipinski definition) is 2. The third-order valence-corrected chi connectivity index (χ3v) is 4.44. The van der Waals surface area contributed by atoms with Crippen LogP contribution in [-0.4, -0.2) is 25.8 Å². The number of aromatic amines is 1. The van der Waals surface area contributed by atoms with E-state index < -0.39 is 5.97 Å². The fraction of sp³-hybridized carbons (Fsp3) is 0.364. The molecule has 2 aromatic heterocycles. The van der Waals surface area contributed by atoms with Crippen molar-refractivity contribution in [3.8, 4) is 22.6 Å². The lowest BCUT2D eigenvalue weighted by molar-refractivity contribution is 0.0697. The molecule has 27 heavy (non-hydrogen) atoms. The Morgan fingerprint density at radius 3 is 2.30 bits per heavy atom. The predicted octanol–water partition coefficient (Wildman–Crippen LogP) is 5.20. The Kier molecular flexibility index (Phi) is 4.96. The summed E-state index contributed by atoms with van der Waals surface area (Å²) < 4.78 is 2.12. The van der Waals surface area contributed by atoms with Gasteiger partial charge < -0.3 is 10.1 Å². The zero-order valence-corrected chi connectivity index (χ0v) is 16.6. The van der Waals surface area contributed by atoms with Gasteiger partial charge in [-0.05, 0) is 69.0 Å². The average molecular weight is 365 g/mol. The van der Waals surface area contributed by atoms with E-state index in [0.29, 0.717) is 5.92 Å². The van der Waals surface area contributed by atoms with Gasteiger partial charge in [0.1, 0.15) is 5.69 Å². The number of carboxylic acid groups (broad SMARTS) is 1. The molecule has 2 N–H and O–H groups in total. The standard InChI is InChI=1S/C22H27N3O2/c1-14(2)12-17-13-20(24-25(17)22(3,4)5)19-11-10-18(23-19)15-6-8-16(9-7-15)21(26)27/h6-11,13-14,23H,12H2,1-5H3,(H,26,27). The molecule has 1 aromatic carbocycles. The zero-order valence-electron chi connectivity index (χ0n) is 16.6. The lowest BCUT2D eigenvalue weighted by atomic mass is 10.0. The highest BCUT2D eigenvalue weighted by molar-refractivity contribution is 5.88. The van der Waals surface area contributed by atoms with Crippen LogP contribution in [-0.2, 0) is 12.0 Å². The topological polar surface area (TPSA) is 70.9 Å². The van der Waals surface area contributed by atoms with Gasteiger partial charge in [-0.1, -0.05) is 26.0 Å². The summed E-state index contributed by atoms with van der Waals surface area (Å²) in [6, 6.07) is 13.1. The van der Waals surface area contributed by atoms with E-state index in [2.05, 4.69) is 50.4 Å². The van der Waals surface area contributed by atoms with Crippen molar-refractivity contribution in [2.45, 2.75) is 46.6 Å². The monoisotopic (exact) mass is 365 g/mol. The summed E-state index contributed by atoms with van der Waals surface area (Å²) >= 11 is 0. The van der Waals surface area contributed by atoms with Crippen LogP contribution in [0.1, 0.15) is 50.7 Å². The molecule has 0 unspecified atom stereocenters. The molecule has 142 valence electrons.